The van der Waals surface area contributed by atoms with Gasteiger partial charge in [0.15, 0.2) is 0 Å². The maximum atomic E-state index is 13.2. The van der Waals surface area contributed by atoms with E-state index < -0.39 is 11.9 Å². The molecule has 0 aromatic carbocycles. The molecule has 0 aliphatic carbocycles. The van der Waals surface area contributed by atoms with Gasteiger partial charge in [-0.3, -0.25) is 9.59 Å². The summed E-state index contributed by atoms with van der Waals surface area (Å²) >= 11 is 0.957. The number of nitrogens with zero attached hydrogens (tertiary/aromatic N) is 3. The largest absolute Gasteiger partial charge is 0.433 e. The van der Waals surface area contributed by atoms with Crippen LogP contribution in [0.4, 0.5) is 19.0 Å². The van der Waals surface area contributed by atoms with E-state index in [-0.39, 0.29) is 29.1 Å². The Morgan fingerprint density at radius 3 is 2.66 bits per heavy atom. The zero-order chi connectivity index (χ0) is 23.0. The van der Waals surface area contributed by atoms with Crippen LogP contribution in [0.5, 0.6) is 0 Å². The number of carbonyl (C=O) groups is 2. The van der Waals surface area contributed by atoms with Gasteiger partial charge in [-0.25, -0.2) is 9.97 Å². The van der Waals surface area contributed by atoms with Crippen LogP contribution in [-0.4, -0.2) is 39.8 Å². The van der Waals surface area contributed by atoms with Crippen LogP contribution in [0.1, 0.15) is 39.5 Å². The molecule has 168 valence electrons. The van der Waals surface area contributed by atoms with Crippen molar-refractivity contribution in [1.82, 2.24) is 14.9 Å². The van der Waals surface area contributed by atoms with Crippen molar-refractivity contribution in [3.05, 3.63) is 52.2 Å². The normalized spacial score (nSPS) is 16.9. The molecule has 0 saturated carbocycles. The van der Waals surface area contributed by atoms with Crippen molar-refractivity contribution < 1.29 is 22.8 Å². The van der Waals surface area contributed by atoms with E-state index >= 15 is 0 Å². The van der Waals surface area contributed by atoms with E-state index in [9.17, 15) is 22.8 Å². The fourth-order valence-electron chi connectivity index (χ4n) is 3.82. The molecule has 1 unspecified atom stereocenters. The summed E-state index contributed by atoms with van der Waals surface area (Å²) in [7, 11) is 0. The Kier molecular flexibility index (Phi) is 5.89. The number of pyridine rings is 2. The van der Waals surface area contributed by atoms with Crippen molar-refractivity contribution >= 4 is 39.2 Å². The van der Waals surface area contributed by atoms with Crippen LogP contribution in [0.25, 0.3) is 10.2 Å². The Balaban J connectivity index is 1.52. The van der Waals surface area contributed by atoms with Gasteiger partial charge in [-0.15, -0.1) is 11.3 Å². The molecule has 3 aromatic rings. The standard InChI is InChI=1S/C22H21F3N4O2S/c1-12-5-3-7-17(26-12)28-19(30)14-6-4-10-29(11-14)21(31)18-13(2)15-8-9-16(22(23,24)25)27-20(15)32-18/h3,5,7-9,14H,4,6,10-11H2,1-2H3,(H,26,28,30). The van der Waals surface area contributed by atoms with Gasteiger partial charge in [-0.05, 0) is 56.5 Å². The Bertz CT molecular complexity index is 1190. The Hall–Kier alpha value is -3.01. The summed E-state index contributed by atoms with van der Waals surface area (Å²) in [4.78, 5) is 36.0. The third kappa shape index (κ3) is 4.45. The number of carbonyl (C=O) groups excluding carboxylic acids is 2. The van der Waals surface area contributed by atoms with E-state index in [0.717, 1.165) is 23.1 Å². The average Bonchev–Trinajstić information content (AvgIpc) is 3.08. The number of likely N-dealkylation sites (tertiary alicyclic amines) is 1. The number of fused-ring (bicyclic) bond motifs is 1. The van der Waals surface area contributed by atoms with Gasteiger partial charge in [0.05, 0.1) is 10.8 Å². The number of aryl methyl sites for hydroxylation is 2. The van der Waals surface area contributed by atoms with Gasteiger partial charge < -0.3 is 10.2 Å². The molecular formula is C22H21F3N4O2S. The highest BCUT2D eigenvalue weighted by atomic mass is 32.1. The summed E-state index contributed by atoms with van der Waals surface area (Å²) in [5.41, 5.74) is 0.405. The molecule has 3 aromatic heterocycles. The van der Waals surface area contributed by atoms with Gasteiger partial charge in [0, 0.05) is 24.2 Å². The first kappa shape index (κ1) is 22.2. The first-order valence-corrected chi connectivity index (χ1v) is 11.0. The summed E-state index contributed by atoms with van der Waals surface area (Å²) in [6.07, 6.45) is -3.25. The van der Waals surface area contributed by atoms with Crippen LogP contribution < -0.4 is 5.32 Å². The second kappa shape index (κ2) is 8.50. The zero-order valence-corrected chi connectivity index (χ0v) is 18.3. The number of alkyl halides is 3. The minimum absolute atomic E-state index is 0.178. The molecular weight excluding hydrogens is 441 g/mol. The van der Waals surface area contributed by atoms with E-state index in [0.29, 0.717) is 41.0 Å². The SMILES string of the molecule is Cc1cccc(NC(=O)C2CCCN(C(=O)c3sc4nc(C(F)(F)F)ccc4c3C)C2)n1. The molecule has 1 saturated heterocycles. The Labute approximate surface area is 186 Å². The highest BCUT2D eigenvalue weighted by Gasteiger charge is 2.34. The lowest BCUT2D eigenvalue weighted by Crippen LogP contribution is -2.43. The van der Waals surface area contributed by atoms with E-state index in [1.165, 1.54) is 6.07 Å². The van der Waals surface area contributed by atoms with Crippen molar-refractivity contribution in [1.29, 1.82) is 0 Å². The number of thiophene rings is 1. The number of amides is 2. The molecule has 0 bridgehead atoms. The molecule has 32 heavy (non-hydrogen) atoms. The molecule has 1 atom stereocenters. The third-order valence-corrected chi connectivity index (χ3v) is 6.70. The van der Waals surface area contributed by atoms with E-state index in [1.807, 2.05) is 13.0 Å². The van der Waals surface area contributed by atoms with Crippen molar-refractivity contribution in [2.24, 2.45) is 5.92 Å². The molecule has 1 aliphatic heterocycles. The molecule has 2 amide bonds. The number of rotatable bonds is 3. The lowest BCUT2D eigenvalue weighted by Gasteiger charge is -2.31. The molecule has 1 aliphatic rings. The van der Waals surface area contributed by atoms with Gasteiger partial charge in [0.25, 0.3) is 5.91 Å². The smallest absolute Gasteiger partial charge is 0.337 e. The van der Waals surface area contributed by atoms with Crippen molar-refractivity contribution in [2.75, 3.05) is 18.4 Å². The number of nitrogens with one attached hydrogen (secondary N) is 1. The van der Waals surface area contributed by atoms with Crippen LogP contribution in [-0.2, 0) is 11.0 Å². The second-order valence-corrected chi connectivity index (χ2v) is 8.85. The van der Waals surface area contributed by atoms with Crippen LogP contribution in [0, 0.1) is 19.8 Å². The number of halogens is 3. The van der Waals surface area contributed by atoms with Crippen molar-refractivity contribution in [3.63, 3.8) is 0 Å². The molecule has 4 heterocycles. The number of piperidine rings is 1. The summed E-state index contributed by atoms with van der Waals surface area (Å²) in [6.45, 7) is 4.26. The maximum absolute atomic E-state index is 13.2. The van der Waals surface area contributed by atoms with Crippen LogP contribution in [0.15, 0.2) is 30.3 Å². The minimum atomic E-state index is -4.55. The van der Waals surface area contributed by atoms with Gasteiger partial charge >= 0.3 is 6.18 Å². The fourth-order valence-corrected chi connectivity index (χ4v) is 4.97. The predicted octanol–water partition coefficient (Wildman–Crippen LogP) is 4.82. The summed E-state index contributed by atoms with van der Waals surface area (Å²) in [6, 6.07) is 7.62. The fraction of sp³-hybridized carbons (Fsp3) is 0.364. The number of hydrogen-bond acceptors (Lipinski definition) is 5. The quantitative estimate of drug-likeness (QED) is 0.606. The highest BCUT2D eigenvalue weighted by molar-refractivity contribution is 7.20. The maximum Gasteiger partial charge on any atom is 0.433 e. The van der Waals surface area contributed by atoms with E-state index in [2.05, 4.69) is 15.3 Å². The second-order valence-electron chi connectivity index (χ2n) is 7.85. The molecule has 1 N–H and O–H groups in total. The van der Waals surface area contributed by atoms with E-state index in [1.54, 1.807) is 24.0 Å². The van der Waals surface area contributed by atoms with Gasteiger partial charge in [-0.2, -0.15) is 13.2 Å². The zero-order valence-electron chi connectivity index (χ0n) is 17.5. The first-order valence-electron chi connectivity index (χ1n) is 10.1. The third-order valence-electron chi connectivity index (χ3n) is 5.51. The van der Waals surface area contributed by atoms with Gasteiger partial charge in [-0.1, -0.05) is 6.07 Å². The van der Waals surface area contributed by atoms with E-state index in [4.69, 9.17) is 0 Å². The lowest BCUT2D eigenvalue weighted by molar-refractivity contribution is -0.140. The van der Waals surface area contributed by atoms with Crippen LogP contribution >= 0.6 is 11.3 Å². The lowest BCUT2D eigenvalue weighted by atomic mass is 9.96. The molecule has 1 fully saturated rings. The summed E-state index contributed by atoms with van der Waals surface area (Å²) in [5, 5.41) is 3.33. The van der Waals surface area contributed by atoms with Crippen LogP contribution in [0.3, 0.4) is 0 Å². The number of hydrogen-bond donors (Lipinski definition) is 1. The predicted molar refractivity (Wildman–Crippen MR) is 116 cm³/mol. The van der Waals surface area contributed by atoms with Crippen molar-refractivity contribution in [3.8, 4) is 0 Å². The molecule has 0 radical (unpaired) electrons. The van der Waals surface area contributed by atoms with Gasteiger partial charge in [0.1, 0.15) is 16.3 Å². The first-order chi connectivity index (χ1) is 15.1. The van der Waals surface area contributed by atoms with Crippen LogP contribution in [0.2, 0.25) is 0 Å². The highest BCUT2D eigenvalue weighted by Crippen LogP contribution is 2.35. The summed E-state index contributed by atoms with van der Waals surface area (Å²) in [5.74, 6) is -0.416. The molecule has 10 heteroatoms. The minimum Gasteiger partial charge on any atom is -0.337 e. The average molecular weight is 462 g/mol. The number of anilines is 1. The van der Waals surface area contributed by atoms with Gasteiger partial charge in [0.2, 0.25) is 5.91 Å². The summed E-state index contributed by atoms with van der Waals surface area (Å²) < 4.78 is 39.0. The molecule has 6 nitrogen and oxygen atoms in total. The Morgan fingerprint density at radius 2 is 1.94 bits per heavy atom. The number of aromatic nitrogens is 2. The molecule has 4 rings (SSSR count). The topological polar surface area (TPSA) is 75.2 Å². The monoisotopic (exact) mass is 462 g/mol. The molecule has 0 spiro atoms. The Morgan fingerprint density at radius 1 is 1.16 bits per heavy atom. The van der Waals surface area contributed by atoms with Crippen molar-refractivity contribution in [2.45, 2.75) is 32.9 Å².